The van der Waals surface area contributed by atoms with Gasteiger partial charge >= 0.3 is 0 Å². The molecule has 3 aliphatic heterocycles. The number of piperidine rings is 1. The van der Waals surface area contributed by atoms with Gasteiger partial charge in [0.15, 0.2) is 5.60 Å². The molecule has 3 aliphatic rings. The summed E-state index contributed by atoms with van der Waals surface area (Å²) in [5, 5.41) is 0. The van der Waals surface area contributed by atoms with Crippen molar-refractivity contribution in [1.29, 1.82) is 0 Å². The van der Waals surface area contributed by atoms with Gasteiger partial charge in [0.2, 0.25) is 0 Å². The van der Waals surface area contributed by atoms with Crippen LogP contribution in [0.4, 0.5) is 0 Å². The van der Waals surface area contributed by atoms with Gasteiger partial charge in [-0.2, -0.15) is 0 Å². The van der Waals surface area contributed by atoms with E-state index in [0.717, 1.165) is 18.4 Å². The molecule has 0 N–H and O–H groups in total. The van der Waals surface area contributed by atoms with Crippen molar-refractivity contribution in [1.82, 2.24) is 9.80 Å². The summed E-state index contributed by atoms with van der Waals surface area (Å²) in [7, 11) is 2.10. The Kier molecular flexibility index (Phi) is 5.14. The number of benzene rings is 2. The SMILES string of the molecule is Bc1cc(C)cc(C2CCC3(C)OC4(CCN(C(=O)c5ccc(C#C)cc5)CC4)C(=O)N23)c1. The van der Waals surface area contributed by atoms with E-state index in [9.17, 15) is 9.59 Å². The maximum Gasteiger partial charge on any atom is 0.257 e. The summed E-state index contributed by atoms with van der Waals surface area (Å²) in [4.78, 5) is 30.6. The summed E-state index contributed by atoms with van der Waals surface area (Å²) in [5.41, 5.74) is 3.55. The van der Waals surface area contributed by atoms with Crippen LogP contribution in [0.1, 0.15) is 65.7 Å². The van der Waals surface area contributed by atoms with Crippen LogP contribution in [0, 0.1) is 19.3 Å². The molecule has 2 atom stereocenters. The lowest BCUT2D eigenvalue weighted by Gasteiger charge is -2.38. The van der Waals surface area contributed by atoms with Gasteiger partial charge in [-0.25, -0.2) is 0 Å². The first-order valence-corrected chi connectivity index (χ1v) is 11.7. The number of ether oxygens (including phenoxy) is 1. The lowest BCUT2D eigenvalue weighted by Crippen LogP contribution is -2.51. The summed E-state index contributed by atoms with van der Waals surface area (Å²) in [6, 6.07) is 13.7. The minimum Gasteiger partial charge on any atom is -0.339 e. The van der Waals surface area contributed by atoms with Crippen LogP contribution < -0.4 is 5.46 Å². The maximum atomic E-state index is 13.8. The topological polar surface area (TPSA) is 49.9 Å². The molecule has 2 aromatic carbocycles. The molecule has 1 spiro atoms. The minimum atomic E-state index is -0.837. The fourth-order valence-electron chi connectivity index (χ4n) is 5.92. The lowest BCUT2D eigenvalue weighted by atomic mass is 9.87. The number of aryl methyl sites for hydroxylation is 1. The van der Waals surface area contributed by atoms with E-state index in [-0.39, 0.29) is 17.9 Å². The standard InChI is InChI=1S/C27H29BN2O3/c1-4-19-5-7-20(8-6-19)24(31)29-13-11-27(12-14-29)25(32)30-23(9-10-26(30,3)33-27)21-15-18(2)16-22(28)17-21/h1,5-8,15-17,23H,9-14,28H2,2-3H3. The molecule has 2 unspecified atom stereocenters. The molecule has 5 rings (SSSR count). The average Bonchev–Trinajstić information content (AvgIpc) is 3.23. The fraction of sp³-hybridized carbons (Fsp3) is 0.407. The zero-order valence-corrected chi connectivity index (χ0v) is 19.6. The molecular formula is C27H29BN2O3. The van der Waals surface area contributed by atoms with Gasteiger partial charge in [-0.1, -0.05) is 35.1 Å². The average molecular weight is 440 g/mol. The highest BCUT2D eigenvalue weighted by atomic mass is 16.6. The second kappa shape index (κ2) is 7.78. The molecule has 3 fully saturated rings. The quantitative estimate of drug-likeness (QED) is 0.532. The summed E-state index contributed by atoms with van der Waals surface area (Å²) >= 11 is 0. The molecule has 0 saturated carbocycles. The third-order valence-corrected chi connectivity index (χ3v) is 7.51. The Balaban J connectivity index is 1.33. The van der Waals surface area contributed by atoms with Crippen LogP contribution in [-0.2, 0) is 9.53 Å². The number of hydrogen-bond donors (Lipinski definition) is 0. The summed E-state index contributed by atoms with van der Waals surface area (Å²) in [6.07, 6.45) is 8.18. The van der Waals surface area contributed by atoms with Gasteiger partial charge in [0.25, 0.3) is 11.8 Å². The van der Waals surface area contributed by atoms with Crippen LogP contribution in [0.3, 0.4) is 0 Å². The van der Waals surface area contributed by atoms with Crippen LogP contribution in [0.15, 0.2) is 42.5 Å². The summed E-state index contributed by atoms with van der Waals surface area (Å²) in [5.74, 6) is 2.62. The third kappa shape index (κ3) is 3.56. The van der Waals surface area contributed by atoms with E-state index in [0.29, 0.717) is 31.5 Å². The number of amides is 2. The van der Waals surface area contributed by atoms with Crippen molar-refractivity contribution in [2.75, 3.05) is 13.1 Å². The summed E-state index contributed by atoms with van der Waals surface area (Å²) < 4.78 is 6.61. The molecule has 3 heterocycles. The van der Waals surface area contributed by atoms with Crippen molar-refractivity contribution in [2.45, 2.75) is 56.9 Å². The Labute approximate surface area is 196 Å². The molecule has 2 amide bonds. The largest absolute Gasteiger partial charge is 0.339 e. The van der Waals surface area contributed by atoms with Gasteiger partial charge in [-0.3, -0.25) is 9.59 Å². The van der Waals surface area contributed by atoms with Gasteiger partial charge in [-0.05, 0) is 56.5 Å². The first-order chi connectivity index (χ1) is 15.7. The van der Waals surface area contributed by atoms with Crippen LogP contribution >= 0.6 is 0 Å². The molecule has 0 bridgehead atoms. The second-order valence-corrected chi connectivity index (χ2v) is 9.94. The predicted molar refractivity (Wildman–Crippen MR) is 130 cm³/mol. The van der Waals surface area contributed by atoms with E-state index in [4.69, 9.17) is 11.2 Å². The van der Waals surface area contributed by atoms with Crippen LogP contribution in [0.2, 0.25) is 0 Å². The Morgan fingerprint density at radius 3 is 2.48 bits per heavy atom. The van der Waals surface area contributed by atoms with Crippen molar-refractivity contribution >= 4 is 25.1 Å². The van der Waals surface area contributed by atoms with Crippen LogP contribution in [0.25, 0.3) is 0 Å². The molecule has 5 nitrogen and oxygen atoms in total. The molecular weight excluding hydrogens is 411 g/mol. The van der Waals surface area contributed by atoms with Gasteiger partial charge in [0.1, 0.15) is 13.6 Å². The minimum absolute atomic E-state index is 0.0290. The molecule has 0 radical (unpaired) electrons. The first kappa shape index (κ1) is 21.8. The molecule has 0 aromatic heterocycles. The van der Waals surface area contributed by atoms with Crippen molar-refractivity contribution in [3.05, 3.63) is 64.7 Å². The smallest absolute Gasteiger partial charge is 0.257 e. The van der Waals surface area contributed by atoms with Gasteiger partial charge < -0.3 is 14.5 Å². The van der Waals surface area contributed by atoms with E-state index in [1.54, 1.807) is 24.3 Å². The number of carbonyl (C=O) groups is 2. The maximum absolute atomic E-state index is 13.8. The van der Waals surface area contributed by atoms with E-state index < -0.39 is 11.3 Å². The number of nitrogens with zero attached hydrogens (tertiary/aromatic N) is 2. The number of hydrogen-bond acceptors (Lipinski definition) is 3. The predicted octanol–water partition coefficient (Wildman–Crippen LogP) is 2.32. The van der Waals surface area contributed by atoms with Crippen molar-refractivity contribution in [2.24, 2.45) is 0 Å². The van der Waals surface area contributed by atoms with Crippen molar-refractivity contribution < 1.29 is 14.3 Å². The number of likely N-dealkylation sites (tertiary alicyclic amines) is 1. The Bertz CT molecular complexity index is 1140. The van der Waals surface area contributed by atoms with E-state index >= 15 is 0 Å². The number of terminal acetylenes is 1. The van der Waals surface area contributed by atoms with E-state index in [1.165, 1.54) is 16.6 Å². The highest BCUT2D eigenvalue weighted by Gasteiger charge is 2.63. The molecule has 2 aromatic rings. The molecule has 33 heavy (non-hydrogen) atoms. The highest BCUT2D eigenvalue weighted by Crippen LogP contribution is 2.53. The third-order valence-electron chi connectivity index (χ3n) is 7.51. The molecule has 6 heteroatoms. The Morgan fingerprint density at radius 2 is 1.85 bits per heavy atom. The van der Waals surface area contributed by atoms with Gasteiger partial charge in [0, 0.05) is 37.1 Å². The molecule has 3 saturated heterocycles. The number of carbonyl (C=O) groups excluding carboxylic acids is 2. The van der Waals surface area contributed by atoms with E-state index in [1.807, 2.05) is 16.7 Å². The number of rotatable bonds is 2. The summed E-state index contributed by atoms with van der Waals surface area (Å²) in [6.45, 7) is 5.15. The highest BCUT2D eigenvalue weighted by molar-refractivity contribution is 6.32. The van der Waals surface area contributed by atoms with E-state index in [2.05, 4.69) is 38.9 Å². The zero-order valence-electron chi connectivity index (χ0n) is 19.6. The Morgan fingerprint density at radius 1 is 1.15 bits per heavy atom. The second-order valence-electron chi connectivity index (χ2n) is 9.94. The first-order valence-electron chi connectivity index (χ1n) is 11.7. The van der Waals surface area contributed by atoms with Crippen LogP contribution in [0.5, 0.6) is 0 Å². The van der Waals surface area contributed by atoms with Crippen LogP contribution in [-0.4, -0.2) is 53.9 Å². The molecule has 168 valence electrons. The zero-order chi connectivity index (χ0) is 23.4. The van der Waals surface area contributed by atoms with Gasteiger partial charge in [0.05, 0.1) is 6.04 Å². The normalized spacial score (nSPS) is 25.8. The fourth-order valence-corrected chi connectivity index (χ4v) is 5.92. The van der Waals surface area contributed by atoms with Gasteiger partial charge in [-0.15, -0.1) is 6.42 Å². The molecule has 0 aliphatic carbocycles. The number of fused-ring (bicyclic) bond motifs is 1. The Hall–Kier alpha value is -3.04. The van der Waals surface area contributed by atoms with Crippen molar-refractivity contribution in [3.63, 3.8) is 0 Å². The van der Waals surface area contributed by atoms with Crippen molar-refractivity contribution in [3.8, 4) is 12.3 Å². The monoisotopic (exact) mass is 440 g/mol. The lowest BCUT2D eigenvalue weighted by molar-refractivity contribution is -0.148.